The van der Waals surface area contributed by atoms with E-state index in [1.165, 1.54) is 12.1 Å². The molecule has 1 heterocycles. The fraction of sp³-hybridized carbons (Fsp3) is 0.462. The Balaban J connectivity index is 1.95. The van der Waals surface area contributed by atoms with Gasteiger partial charge >= 0.3 is 12.1 Å². The predicted molar refractivity (Wildman–Crippen MR) is 124 cm³/mol. The van der Waals surface area contributed by atoms with Crippen LogP contribution in [0.1, 0.15) is 51.3 Å². The zero-order valence-electron chi connectivity index (χ0n) is 19.8. The molecule has 2 aromatic carbocycles. The third-order valence-electron chi connectivity index (χ3n) is 5.50. The van der Waals surface area contributed by atoms with Crippen molar-refractivity contribution in [3.05, 3.63) is 71.5 Å². The average molecular weight is 457 g/mol. The highest BCUT2D eigenvalue weighted by Gasteiger charge is 2.38. The largest absolute Gasteiger partial charge is 0.466 e. The summed E-state index contributed by atoms with van der Waals surface area (Å²) < 4.78 is 25.0. The molecule has 0 saturated carbocycles. The van der Waals surface area contributed by atoms with Crippen molar-refractivity contribution in [2.24, 2.45) is 0 Å². The molecule has 6 nitrogen and oxygen atoms in total. The first kappa shape index (κ1) is 24.7. The van der Waals surface area contributed by atoms with E-state index in [4.69, 9.17) is 9.47 Å². The summed E-state index contributed by atoms with van der Waals surface area (Å²) in [6.07, 6.45) is -0.288. The molecule has 0 aromatic heterocycles. The number of ether oxygens (including phenoxy) is 2. The van der Waals surface area contributed by atoms with E-state index in [1.54, 1.807) is 17.9 Å². The van der Waals surface area contributed by atoms with Crippen molar-refractivity contribution < 1.29 is 23.5 Å². The van der Waals surface area contributed by atoms with Gasteiger partial charge in [0.1, 0.15) is 11.4 Å². The number of esters is 1. The summed E-state index contributed by atoms with van der Waals surface area (Å²) >= 11 is 0. The summed E-state index contributed by atoms with van der Waals surface area (Å²) in [4.78, 5) is 29.0. The molecule has 3 rings (SSSR count). The van der Waals surface area contributed by atoms with Crippen LogP contribution in [-0.2, 0) is 14.3 Å². The maximum absolute atomic E-state index is 14.2. The number of amides is 1. The second-order valence-electron chi connectivity index (χ2n) is 9.20. The first-order valence-corrected chi connectivity index (χ1v) is 11.4. The van der Waals surface area contributed by atoms with E-state index in [0.717, 1.165) is 11.1 Å². The molecule has 0 bridgehead atoms. The minimum Gasteiger partial charge on any atom is -0.466 e. The summed E-state index contributed by atoms with van der Waals surface area (Å²) in [7, 11) is 0. The fourth-order valence-corrected chi connectivity index (χ4v) is 4.18. The molecular weight excluding hydrogens is 423 g/mol. The Morgan fingerprint density at radius 3 is 2.39 bits per heavy atom. The lowest BCUT2D eigenvalue weighted by Gasteiger charge is -2.45. The lowest BCUT2D eigenvalue weighted by molar-refractivity contribution is -0.145. The molecule has 0 spiro atoms. The van der Waals surface area contributed by atoms with Crippen LogP contribution in [-0.4, -0.2) is 59.7 Å². The molecular formula is C26H33FN2O4. The van der Waals surface area contributed by atoms with Crippen LogP contribution in [0.5, 0.6) is 0 Å². The standard InChI is InChI=1S/C26H33FN2O4/c1-5-32-23(30)17-22-18-28(25(31)33-26(2,3)4)14-15-29(22)24(19-10-7-6-8-11-19)20-12-9-13-21(27)16-20/h6-13,16,22,24H,5,14-15,17-18H2,1-4H3/t22-,24?/m0/s1. The van der Waals surface area contributed by atoms with Crippen molar-refractivity contribution in [2.45, 2.75) is 51.8 Å². The van der Waals surface area contributed by atoms with Gasteiger partial charge in [0.15, 0.2) is 0 Å². The van der Waals surface area contributed by atoms with Crippen LogP contribution in [0.25, 0.3) is 0 Å². The van der Waals surface area contributed by atoms with Crippen molar-refractivity contribution in [3.63, 3.8) is 0 Å². The Labute approximate surface area is 195 Å². The summed E-state index contributed by atoms with van der Waals surface area (Å²) in [5.74, 6) is -0.646. The Morgan fingerprint density at radius 1 is 1.06 bits per heavy atom. The van der Waals surface area contributed by atoms with Crippen molar-refractivity contribution in [3.8, 4) is 0 Å². The summed E-state index contributed by atoms with van der Waals surface area (Å²) in [6.45, 7) is 8.78. The zero-order valence-corrected chi connectivity index (χ0v) is 19.8. The lowest BCUT2D eigenvalue weighted by atomic mass is 9.93. The maximum atomic E-state index is 14.2. The van der Waals surface area contributed by atoms with E-state index >= 15 is 0 Å². The number of benzene rings is 2. The Kier molecular flexibility index (Phi) is 8.08. The van der Waals surface area contributed by atoms with Crippen molar-refractivity contribution in [2.75, 3.05) is 26.2 Å². The van der Waals surface area contributed by atoms with Gasteiger partial charge in [-0.2, -0.15) is 0 Å². The van der Waals surface area contributed by atoms with Crippen LogP contribution in [0.4, 0.5) is 9.18 Å². The topological polar surface area (TPSA) is 59.1 Å². The normalized spacial score (nSPS) is 18.0. The van der Waals surface area contributed by atoms with Crippen LogP contribution in [0, 0.1) is 5.82 Å². The van der Waals surface area contributed by atoms with E-state index in [2.05, 4.69) is 4.90 Å². The second kappa shape index (κ2) is 10.8. The molecule has 0 N–H and O–H groups in total. The summed E-state index contributed by atoms with van der Waals surface area (Å²) in [5, 5.41) is 0. The third-order valence-corrected chi connectivity index (χ3v) is 5.50. The SMILES string of the molecule is CCOC(=O)C[C@H]1CN(C(=O)OC(C)(C)C)CCN1C(c1ccccc1)c1cccc(F)c1. The van der Waals surface area contributed by atoms with E-state index in [-0.39, 0.29) is 36.9 Å². The van der Waals surface area contributed by atoms with Gasteiger partial charge in [-0.05, 0) is 51.0 Å². The van der Waals surface area contributed by atoms with Crippen LogP contribution in [0.3, 0.4) is 0 Å². The first-order valence-electron chi connectivity index (χ1n) is 11.4. The van der Waals surface area contributed by atoms with Gasteiger partial charge in [0, 0.05) is 25.7 Å². The molecule has 1 aliphatic rings. The number of hydrogen-bond acceptors (Lipinski definition) is 5. The maximum Gasteiger partial charge on any atom is 0.410 e. The van der Waals surface area contributed by atoms with Crippen LogP contribution in [0.2, 0.25) is 0 Å². The van der Waals surface area contributed by atoms with Crippen molar-refractivity contribution in [1.29, 1.82) is 0 Å². The molecule has 2 atom stereocenters. The molecule has 0 aliphatic carbocycles. The molecule has 1 amide bonds. The van der Waals surface area contributed by atoms with Gasteiger partial charge < -0.3 is 14.4 Å². The van der Waals surface area contributed by atoms with Gasteiger partial charge in [-0.1, -0.05) is 42.5 Å². The van der Waals surface area contributed by atoms with Gasteiger partial charge in [-0.25, -0.2) is 9.18 Å². The molecule has 1 aliphatic heterocycles. The van der Waals surface area contributed by atoms with Gasteiger partial charge in [0.25, 0.3) is 0 Å². The summed E-state index contributed by atoms with van der Waals surface area (Å²) in [6, 6.07) is 15.7. The Bertz CT molecular complexity index is 945. The lowest BCUT2D eigenvalue weighted by Crippen LogP contribution is -2.57. The predicted octanol–water partition coefficient (Wildman–Crippen LogP) is 4.79. The number of rotatable bonds is 6. The highest BCUT2D eigenvalue weighted by molar-refractivity contribution is 5.71. The average Bonchev–Trinajstić information content (AvgIpc) is 2.75. The third kappa shape index (κ3) is 6.78. The minimum atomic E-state index is -0.612. The minimum absolute atomic E-state index is 0.117. The molecule has 1 saturated heterocycles. The van der Waals surface area contributed by atoms with Crippen LogP contribution < -0.4 is 0 Å². The molecule has 33 heavy (non-hydrogen) atoms. The number of halogens is 1. The highest BCUT2D eigenvalue weighted by Crippen LogP contribution is 2.33. The first-order chi connectivity index (χ1) is 15.7. The van der Waals surface area contributed by atoms with Gasteiger partial charge in [0.05, 0.1) is 19.1 Å². The smallest absolute Gasteiger partial charge is 0.410 e. The molecule has 1 unspecified atom stereocenters. The number of carbonyl (C=O) groups is 2. The highest BCUT2D eigenvalue weighted by atomic mass is 19.1. The van der Waals surface area contributed by atoms with Crippen LogP contribution >= 0.6 is 0 Å². The van der Waals surface area contributed by atoms with E-state index in [0.29, 0.717) is 19.6 Å². The quantitative estimate of drug-likeness (QED) is 0.585. The number of carbonyl (C=O) groups excluding carboxylic acids is 2. The van der Waals surface area contributed by atoms with Crippen molar-refractivity contribution >= 4 is 12.1 Å². The fourth-order valence-electron chi connectivity index (χ4n) is 4.18. The van der Waals surface area contributed by atoms with E-state index < -0.39 is 11.7 Å². The second-order valence-corrected chi connectivity index (χ2v) is 9.20. The molecule has 178 valence electrons. The monoisotopic (exact) mass is 456 g/mol. The number of hydrogen-bond donors (Lipinski definition) is 0. The summed E-state index contributed by atoms with van der Waals surface area (Å²) in [5.41, 5.74) is 1.17. The molecule has 2 aromatic rings. The van der Waals surface area contributed by atoms with Crippen molar-refractivity contribution in [1.82, 2.24) is 9.80 Å². The van der Waals surface area contributed by atoms with Gasteiger partial charge in [0.2, 0.25) is 0 Å². The zero-order chi connectivity index (χ0) is 24.0. The van der Waals surface area contributed by atoms with Gasteiger partial charge in [-0.3, -0.25) is 9.69 Å². The van der Waals surface area contributed by atoms with Gasteiger partial charge in [-0.15, -0.1) is 0 Å². The Hall–Kier alpha value is -2.93. The molecule has 0 radical (unpaired) electrons. The molecule has 1 fully saturated rings. The van der Waals surface area contributed by atoms with E-state index in [9.17, 15) is 14.0 Å². The molecule has 7 heteroatoms. The number of piperazine rings is 1. The Morgan fingerprint density at radius 2 is 1.76 bits per heavy atom. The van der Waals surface area contributed by atoms with E-state index in [1.807, 2.05) is 57.2 Å². The number of nitrogens with zero attached hydrogens (tertiary/aromatic N) is 2. The van der Waals surface area contributed by atoms with Crippen LogP contribution in [0.15, 0.2) is 54.6 Å².